The van der Waals surface area contributed by atoms with E-state index in [-0.39, 0.29) is 0 Å². The van der Waals surface area contributed by atoms with Crippen LogP contribution in [0.15, 0.2) is 49.1 Å². The number of nitrogens with one attached hydrogen (secondary N) is 1. The molecule has 1 aromatic carbocycles. The maximum Gasteiger partial charge on any atom is 0.0964 e. The van der Waals surface area contributed by atoms with Crippen molar-refractivity contribution in [1.29, 1.82) is 0 Å². The highest BCUT2D eigenvalue weighted by atomic mass is 15.3. The van der Waals surface area contributed by atoms with Crippen LogP contribution in [0.4, 0.5) is 0 Å². The number of nitrogens with zero attached hydrogens (tertiary/aromatic N) is 5. The molecule has 148 valence electrons. The van der Waals surface area contributed by atoms with E-state index >= 15 is 0 Å². The van der Waals surface area contributed by atoms with E-state index in [4.69, 9.17) is 4.98 Å². The lowest BCUT2D eigenvalue weighted by Gasteiger charge is -2.12. The van der Waals surface area contributed by atoms with E-state index in [0.29, 0.717) is 0 Å². The summed E-state index contributed by atoms with van der Waals surface area (Å²) in [6.07, 6.45) is 11.7. The van der Waals surface area contributed by atoms with Crippen LogP contribution in [-0.4, -0.2) is 29.5 Å². The maximum atomic E-state index is 4.78. The summed E-state index contributed by atoms with van der Waals surface area (Å²) in [5.41, 5.74) is 8.36. The van der Waals surface area contributed by atoms with Gasteiger partial charge in [-0.2, -0.15) is 10.2 Å². The first-order valence-corrected chi connectivity index (χ1v) is 10.5. The Balaban J connectivity index is 1.49. The maximum absolute atomic E-state index is 4.78. The van der Waals surface area contributed by atoms with E-state index in [1.807, 2.05) is 23.3 Å². The monoisotopic (exact) mass is 386 g/mol. The minimum atomic E-state index is 0.851. The van der Waals surface area contributed by atoms with Crippen LogP contribution in [0.5, 0.6) is 0 Å². The number of imidazole rings is 1. The van der Waals surface area contributed by atoms with Crippen molar-refractivity contribution < 1.29 is 0 Å². The van der Waals surface area contributed by atoms with Crippen LogP contribution in [0.3, 0.4) is 0 Å². The Morgan fingerprint density at radius 1 is 1.07 bits per heavy atom. The van der Waals surface area contributed by atoms with Gasteiger partial charge in [-0.15, -0.1) is 0 Å². The molecule has 1 aliphatic carbocycles. The first-order chi connectivity index (χ1) is 14.3. The van der Waals surface area contributed by atoms with Gasteiger partial charge in [0.2, 0.25) is 0 Å². The molecule has 0 saturated heterocycles. The summed E-state index contributed by atoms with van der Waals surface area (Å²) >= 11 is 0. The topological polar surface area (TPSA) is 64.3 Å². The molecule has 29 heavy (non-hydrogen) atoms. The second-order valence-corrected chi connectivity index (χ2v) is 7.67. The zero-order chi connectivity index (χ0) is 19.6. The lowest BCUT2D eigenvalue weighted by Crippen LogP contribution is -2.06. The number of hydrogen-bond acceptors (Lipinski definition) is 3. The average Bonchev–Trinajstić information content (AvgIpc) is 3.50. The number of hydrogen-bond donors (Lipinski definition) is 1. The van der Waals surface area contributed by atoms with Crippen molar-refractivity contribution in [3.05, 3.63) is 66.0 Å². The van der Waals surface area contributed by atoms with Crippen molar-refractivity contribution >= 4 is 0 Å². The largest absolute Gasteiger partial charge is 0.330 e. The number of H-pyrrole nitrogens is 1. The summed E-state index contributed by atoms with van der Waals surface area (Å²) < 4.78 is 4.22. The van der Waals surface area contributed by atoms with Gasteiger partial charge in [0.1, 0.15) is 0 Å². The zero-order valence-electron chi connectivity index (χ0n) is 16.8. The predicted molar refractivity (Wildman–Crippen MR) is 113 cm³/mol. The molecule has 0 aliphatic heterocycles. The lowest BCUT2D eigenvalue weighted by atomic mass is 9.95. The summed E-state index contributed by atoms with van der Waals surface area (Å²) in [5.74, 6) is 0. The van der Waals surface area contributed by atoms with Crippen LogP contribution < -0.4 is 0 Å². The van der Waals surface area contributed by atoms with Crippen LogP contribution in [-0.2, 0) is 32.4 Å². The molecule has 4 aromatic rings. The third-order valence-electron chi connectivity index (χ3n) is 5.85. The van der Waals surface area contributed by atoms with Gasteiger partial charge in [-0.3, -0.25) is 9.78 Å². The molecule has 1 aliphatic rings. The molecule has 0 radical (unpaired) electrons. The third kappa shape index (κ3) is 3.39. The van der Waals surface area contributed by atoms with Crippen molar-refractivity contribution in [1.82, 2.24) is 29.5 Å². The van der Waals surface area contributed by atoms with E-state index in [0.717, 1.165) is 54.9 Å². The van der Waals surface area contributed by atoms with Gasteiger partial charge in [0.25, 0.3) is 0 Å². The molecule has 6 nitrogen and oxygen atoms in total. The fourth-order valence-corrected chi connectivity index (χ4v) is 4.30. The zero-order valence-corrected chi connectivity index (χ0v) is 16.8. The van der Waals surface area contributed by atoms with E-state index in [2.05, 4.69) is 57.2 Å². The lowest BCUT2D eigenvalue weighted by molar-refractivity contribution is 0.657. The number of aromatic amines is 1. The van der Waals surface area contributed by atoms with Crippen molar-refractivity contribution in [2.45, 2.75) is 52.1 Å². The molecule has 6 heteroatoms. The van der Waals surface area contributed by atoms with Gasteiger partial charge < -0.3 is 4.57 Å². The molecule has 0 saturated carbocycles. The van der Waals surface area contributed by atoms with Gasteiger partial charge >= 0.3 is 0 Å². The standard InChI is InChI=1S/C23H26N6/c1-2-29-15-18(14-25-29)23-22(17-8-4-3-5-9-17)24-16-28(23)13-12-21-19-10-6-7-11-20(19)26-27-21/h3-5,8-9,14-16H,2,6-7,10-13H2,1H3,(H,26,27). The van der Waals surface area contributed by atoms with Crippen LogP contribution in [0.1, 0.15) is 36.7 Å². The van der Waals surface area contributed by atoms with Crippen molar-refractivity contribution in [3.8, 4) is 22.5 Å². The molecule has 0 atom stereocenters. The first-order valence-electron chi connectivity index (χ1n) is 10.5. The number of benzene rings is 1. The van der Waals surface area contributed by atoms with Gasteiger partial charge in [0.15, 0.2) is 0 Å². The minimum Gasteiger partial charge on any atom is -0.330 e. The Kier molecular flexibility index (Phi) is 4.76. The first kappa shape index (κ1) is 17.9. The normalized spacial score (nSPS) is 13.6. The van der Waals surface area contributed by atoms with Crippen LogP contribution in [0.2, 0.25) is 0 Å². The molecule has 0 amide bonds. The molecule has 0 spiro atoms. The van der Waals surface area contributed by atoms with Crippen molar-refractivity contribution in [3.63, 3.8) is 0 Å². The van der Waals surface area contributed by atoms with Gasteiger partial charge in [-0.1, -0.05) is 30.3 Å². The molecular formula is C23H26N6. The number of rotatable bonds is 6. The van der Waals surface area contributed by atoms with Gasteiger partial charge in [0.05, 0.1) is 29.6 Å². The fraction of sp³-hybridized carbons (Fsp3) is 0.348. The summed E-state index contributed by atoms with van der Waals surface area (Å²) in [6, 6.07) is 10.4. The summed E-state index contributed by atoms with van der Waals surface area (Å²) in [5, 5.41) is 12.4. The average molecular weight is 387 g/mol. The number of aryl methyl sites for hydroxylation is 4. The molecule has 5 rings (SSSR count). The SMILES string of the molecule is CCn1cc(-c2c(-c3ccccc3)ncn2CCc2n[nH]c3c2CCCC3)cn1. The third-order valence-corrected chi connectivity index (χ3v) is 5.85. The Morgan fingerprint density at radius 3 is 2.76 bits per heavy atom. The molecule has 1 N–H and O–H groups in total. The van der Waals surface area contributed by atoms with Crippen molar-refractivity contribution in [2.24, 2.45) is 0 Å². The van der Waals surface area contributed by atoms with Gasteiger partial charge in [0, 0.05) is 42.5 Å². The Hall–Kier alpha value is -3.15. The van der Waals surface area contributed by atoms with Gasteiger partial charge in [-0.25, -0.2) is 4.98 Å². The number of fused-ring (bicyclic) bond motifs is 1. The highest BCUT2D eigenvalue weighted by Crippen LogP contribution is 2.31. The van der Waals surface area contributed by atoms with E-state index in [9.17, 15) is 0 Å². The molecule has 3 aromatic heterocycles. The molecule has 0 unspecified atom stereocenters. The summed E-state index contributed by atoms with van der Waals surface area (Å²) in [7, 11) is 0. The smallest absolute Gasteiger partial charge is 0.0964 e. The highest BCUT2D eigenvalue weighted by molar-refractivity contribution is 5.78. The van der Waals surface area contributed by atoms with Crippen molar-refractivity contribution in [2.75, 3.05) is 0 Å². The predicted octanol–water partition coefficient (Wildman–Crippen LogP) is 4.28. The second-order valence-electron chi connectivity index (χ2n) is 7.67. The Morgan fingerprint density at radius 2 is 1.93 bits per heavy atom. The van der Waals surface area contributed by atoms with E-state index < -0.39 is 0 Å². The highest BCUT2D eigenvalue weighted by Gasteiger charge is 2.19. The molecule has 3 heterocycles. The quantitative estimate of drug-likeness (QED) is 0.538. The summed E-state index contributed by atoms with van der Waals surface area (Å²) in [6.45, 7) is 3.81. The summed E-state index contributed by atoms with van der Waals surface area (Å²) in [4.78, 5) is 4.78. The number of aromatic nitrogens is 6. The van der Waals surface area contributed by atoms with E-state index in [1.165, 1.54) is 29.8 Å². The van der Waals surface area contributed by atoms with Crippen LogP contribution in [0, 0.1) is 0 Å². The Labute approximate surface area is 170 Å². The van der Waals surface area contributed by atoms with Gasteiger partial charge in [-0.05, 0) is 38.2 Å². The Bertz CT molecular complexity index is 1100. The molecule has 0 bridgehead atoms. The fourth-order valence-electron chi connectivity index (χ4n) is 4.30. The minimum absolute atomic E-state index is 0.851. The molecular weight excluding hydrogens is 360 g/mol. The van der Waals surface area contributed by atoms with E-state index in [1.54, 1.807) is 0 Å². The van der Waals surface area contributed by atoms with Crippen LogP contribution in [0.25, 0.3) is 22.5 Å². The van der Waals surface area contributed by atoms with Crippen LogP contribution >= 0.6 is 0 Å². The second kappa shape index (κ2) is 7.70. The molecule has 0 fully saturated rings.